The molecule has 1 aliphatic heterocycles. The van der Waals surface area contributed by atoms with Crippen LogP contribution in [-0.2, 0) is 16.0 Å². The second-order valence-electron chi connectivity index (χ2n) is 12.5. The van der Waals surface area contributed by atoms with E-state index in [0.29, 0.717) is 18.0 Å². The van der Waals surface area contributed by atoms with Crippen LogP contribution < -0.4 is 4.90 Å². The SMILES string of the molecule is CC1(C)[C@@H]2CC[C@@]1(CC1=C3c4ccccc4CC[C@H]3[C@H]3C(=O)N(c4ccccc4)C(=O)[C@H]3C1)[C@H](O)C2. The molecule has 6 atom stereocenters. The molecule has 0 aromatic heterocycles. The summed E-state index contributed by atoms with van der Waals surface area (Å²) in [6.45, 7) is 4.71. The van der Waals surface area contributed by atoms with Gasteiger partial charge in [0.05, 0.1) is 23.6 Å². The number of amides is 2. The van der Waals surface area contributed by atoms with Gasteiger partial charge in [0.25, 0.3) is 0 Å². The summed E-state index contributed by atoms with van der Waals surface area (Å²) in [4.78, 5) is 29.2. The molecule has 2 saturated carbocycles. The molecule has 5 aliphatic rings. The minimum Gasteiger partial charge on any atom is -0.393 e. The molecule has 2 amide bonds. The molecule has 3 fully saturated rings. The molecule has 4 aliphatic carbocycles. The van der Waals surface area contributed by atoms with E-state index in [1.165, 1.54) is 33.6 Å². The number of aryl methyl sites for hydroxylation is 1. The highest BCUT2D eigenvalue weighted by Crippen LogP contribution is 2.69. The smallest absolute Gasteiger partial charge is 0.238 e. The molecular weight excluding hydrogens is 446 g/mol. The van der Waals surface area contributed by atoms with Crippen molar-refractivity contribution in [2.45, 2.75) is 64.9 Å². The predicted molar refractivity (Wildman–Crippen MR) is 140 cm³/mol. The summed E-state index contributed by atoms with van der Waals surface area (Å²) < 4.78 is 0. The number of fused-ring (bicyclic) bond motifs is 7. The second kappa shape index (κ2) is 7.64. The number of para-hydroxylation sites is 1. The average Bonchev–Trinajstić information content (AvgIpc) is 3.36. The number of allylic oxidation sites excluding steroid dienone is 2. The van der Waals surface area contributed by atoms with Gasteiger partial charge in [0.15, 0.2) is 0 Å². The van der Waals surface area contributed by atoms with Crippen molar-refractivity contribution in [2.24, 2.45) is 34.5 Å². The molecule has 7 rings (SSSR count). The number of benzene rings is 2. The van der Waals surface area contributed by atoms with Gasteiger partial charge in [-0.2, -0.15) is 0 Å². The van der Waals surface area contributed by atoms with E-state index in [9.17, 15) is 14.7 Å². The molecule has 4 heteroatoms. The molecule has 2 aromatic rings. The van der Waals surface area contributed by atoms with Crippen LogP contribution in [0, 0.1) is 34.5 Å². The largest absolute Gasteiger partial charge is 0.393 e. The second-order valence-corrected chi connectivity index (χ2v) is 12.5. The molecular formula is C32H35NO3. The monoisotopic (exact) mass is 481 g/mol. The van der Waals surface area contributed by atoms with Crippen LogP contribution in [0.25, 0.3) is 5.57 Å². The van der Waals surface area contributed by atoms with Gasteiger partial charge in [-0.05, 0) is 91.0 Å². The zero-order valence-corrected chi connectivity index (χ0v) is 21.2. The number of carbonyl (C=O) groups excluding carboxylic acids is 2. The molecule has 2 bridgehead atoms. The molecule has 0 spiro atoms. The van der Waals surface area contributed by atoms with E-state index in [2.05, 4.69) is 38.1 Å². The van der Waals surface area contributed by atoms with Crippen molar-refractivity contribution in [1.29, 1.82) is 0 Å². The molecule has 1 saturated heterocycles. The van der Waals surface area contributed by atoms with Gasteiger partial charge in [0, 0.05) is 5.41 Å². The Hall–Kier alpha value is -2.72. The normalized spacial score (nSPS) is 36.2. The first kappa shape index (κ1) is 22.5. The lowest BCUT2D eigenvalue weighted by Crippen LogP contribution is -2.41. The number of aliphatic hydroxyl groups excluding tert-OH is 1. The zero-order chi connectivity index (χ0) is 24.8. The topological polar surface area (TPSA) is 57.6 Å². The van der Waals surface area contributed by atoms with Crippen LogP contribution in [0.5, 0.6) is 0 Å². The first-order valence-corrected chi connectivity index (χ1v) is 13.7. The van der Waals surface area contributed by atoms with E-state index in [-0.39, 0.29) is 46.5 Å². The maximum absolute atomic E-state index is 13.9. The highest BCUT2D eigenvalue weighted by Gasteiger charge is 2.64. The summed E-state index contributed by atoms with van der Waals surface area (Å²) >= 11 is 0. The highest BCUT2D eigenvalue weighted by molar-refractivity contribution is 6.23. The van der Waals surface area contributed by atoms with E-state index in [4.69, 9.17) is 0 Å². The Morgan fingerprint density at radius 2 is 1.69 bits per heavy atom. The number of imide groups is 1. The van der Waals surface area contributed by atoms with Crippen LogP contribution >= 0.6 is 0 Å². The van der Waals surface area contributed by atoms with E-state index < -0.39 is 0 Å². The molecule has 4 nitrogen and oxygen atoms in total. The fourth-order valence-corrected chi connectivity index (χ4v) is 9.10. The summed E-state index contributed by atoms with van der Waals surface area (Å²) in [7, 11) is 0. The fraction of sp³-hybridized carbons (Fsp3) is 0.500. The third-order valence-corrected chi connectivity index (χ3v) is 11.1. The number of carbonyl (C=O) groups is 2. The first-order valence-electron chi connectivity index (χ1n) is 13.7. The maximum Gasteiger partial charge on any atom is 0.238 e. The van der Waals surface area contributed by atoms with Crippen LogP contribution in [0.4, 0.5) is 5.69 Å². The van der Waals surface area contributed by atoms with Crippen molar-refractivity contribution >= 4 is 23.1 Å². The number of aliphatic hydroxyl groups is 1. The number of hydrogen-bond acceptors (Lipinski definition) is 3. The van der Waals surface area contributed by atoms with Crippen molar-refractivity contribution in [2.75, 3.05) is 4.90 Å². The van der Waals surface area contributed by atoms with Crippen LogP contribution in [0.2, 0.25) is 0 Å². The van der Waals surface area contributed by atoms with Gasteiger partial charge in [-0.25, -0.2) is 0 Å². The number of hydrogen-bond donors (Lipinski definition) is 1. The van der Waals surface area contributed by atoms with Crippen molar-refractivity contribution in [3.63, 3.8) is 0 Å². The lowest BCUT2D eigenvalue weighted by molar-refractivity contribution is -0.122. The van der Waals surface area contributed by atoms with Crippen molar-refractivity contribution in [3.8, 4) is 0 Å². The lowest BCUT2D eigenvalue weighted by Gasteiger charge is -2.45. The van der Waals surface area contributed by atoms with Gasteiger partial charge in [-0.3, -0.25) is 14.5 Å². The molecule has 0 radical (unpaired) electrons. The third kappa shape index (κ3) is 2.80. The molecule has 1 N–H and O–H groups in total. The highest BCUT2D eigenvalue weighted by atomic mass is 16.3. The van der Waals surface area contributed by atoms with Gasteiger partial charge in [-0.1, -0.05) is 61.9 Å². The van der Waals surface area contributed by atoms with Gasteiger partial charge in [-0.15, -0.1) is 0 Å². The van der Waals surface area contributed by atoms with Crippen LogP contribution in [0.1, 0.15) is 63.5 Å². The fourth-order valence-electron chi connectivity index (χ4n) is 9.10. The molecule has 0 unspecified atom stereocenters. The number of rotatable bonds is 3. The minimum absolute atomic E-state index is 0.0301. The van der Waals surface area contributed by atoms with Crippen LogP contribution in [-0.4, -0.2) is 23.0 Å². The number of anilines is 1. The summed E-state index contributed by atoms with van der Waals surface area (Å²) in [6, 6.07) is 18.1. The van der Waals surface area contributed by atoms with E-state index in [1.54, 1.807) is 0 Å². The molecule has 36 heavy (non-hydrogen) atoms. The van der Waals surface area contributed by atoms with Crippen LogP contribution in [0.3, 0.4) is 0 Å². The minimum atomic E-state index is -0.304. The maximum atomic E-state index is 13.9. The Bertz CT molecular complexity index is 1290. The predicted octanol–water partition coefficient (Wildman–Crippen LogP) is 5.79. The van der Waals surface area contributed by atoms with E-state index in [0.717, 1.165) is 32.1 Å². The van der Waals surface area contributed by atoms with Crippen molar-refractivity contribution in [1.82, 2.24) is 0 Å². The van der Waals surface area contributed by atoms with Gasteiger partial charge >= 0.3 is 0 Å². The van der Waals surface area contributed by atoms with Gasteiger partial charge in [0.2, 0.25) is 11.8 Å². The summed E-state index contributed by atoms with van der Waals surface area (Å²) in [5, 5.41) is 11.3. The molecule has 2 aromatic carbocycles. The average molecular weight is 482 g/mol. The first-order chi connectivity index (χ1) is 17.3. The third-order valence-electron chi connectivity index (χ3n) is 11.1. The Morgan fingerprint density at radius 3 is 2.42 bits per heavy atom. The van der Waals surface area contributed by atoms with Gasteiger partial charge in [0.1, 0.15) is 0 Å². The molecule has 186 valence electrons. The summed E-state index contributed by atoms with van der Waals surface area (Å²) in [6.07, 6.45) is 6.14. The summed E-state index contributed by atoms with van der Waals surface area (Å²) in [5.41, 5.74) is 5.90. The Morgan fingerprint density at radius 1 is 0.944 bits per heavy atom. The number of nitrogens with zero attached hydrogens (tertiary/aromatic N) is 1. The Kier molecular flexibility index (Phi) is 4.77. The summed E-state index contributed by atoms with van der Waals surface area (Å²) in [5.74, 6) is -0.0413. The van der Waals surface area contributed by atoms with Crippen molar-refractivity contribution in [3.05, 3.63) is 71.3 Å². The Balaban J connectivity index is 1.36. The standard InChI is InChI=1S/C32H35NO3/c1-31(2)21-14-15-32(31,26(34)17-21)18-20-16-25-28(24-13-12-19-8-6-7-11-23(19)27(20)24)30(36)33(29(25)35)22-9-4-3-5-10-22/h3-11,21,24-26,28,34H,12-18H2,1-2H3/t21-,24-,25+,26-,28-,32-/m1/s1. The van der Waals surface area contributed by atoms with E-state index >= 15 is 0 Å². The van der Waals surface area contributed by atoms with Crippen LogP contribution in [0.15, 0.2) is 60.2 Å². The Labute approximate surface area is 213 Å². The quantitative estimate of drug-likeness (QED) is 0.565. The lowest BCUT2D eigenvalue weighted by atomic mass is 9.58. The molecule has 1 heterocycles. The van der Waals surface area contributed by atoms with Gasteiger partial charge < -0.3 is 5.11 Å². The van der Waals surface area contributed by atoms with Crippen molar-refractivity contribution < 1.29 is 14.7 Å². The zero-order valence-electron chi connectivity index (χ0n) is 21.2. The van der Waals surface area contributed by atoms with E-state index in [1.807, 2.05) is 30.3 Å².